The second kappa shape index (κ2) is 6.85. The van der Waals surface area contributed by atoms with E-state index in [0.29, 0.717) is 20.0 Å². The van der Waals surface area contributed by atoms with Gasteiger partial charge in [0, 0.05) is 5.41 Å². The molecule has 0 atom stereocenters. The largest absolute Gasteiger partial charge is 0.376 e. The van der Waals surface area contributed by atoms with Crippen molar-refractivity contribution in [2.24, 2.45) is 5.41 Å². The van der Waals surface area contributed by atoms with E-state index in [9.17, 15) is 0 Å². The quantitative estimate of drug-likeness (QED) is 0.787. The van der Waals surface area contributed by atoms with Gasteiger partial charge in [0.25, 0.3) is 0 Å². The molecule has 104 valence electrons. The van der Waals surface area contributed by atoms with Crippen LogP contribution in [0.4, 0.5) is 0 Å². The Morgan fingerprint density at radius 1 is 1.26 bits per heavy atom. The average Bonchev–Trinajstić information content (AvgIpc) is 2.49. The van der Waals surface area contributed by atoms with E-state index in [1.807, 2.05) is 18.2 Å². The summed E-state index contributed by atoms with van der Waals surface area (Å²) >= 11 is 0. The fraction of sp³-hybridized carbons (Fsp3) is 0.500. The van der Waals surface area contributed by atoms with Crippen molar-refractivity contribution >= 4 is 6.08 Å². The van der Waals surface area contributed by atoms with Gasteiger partial charge in [-0.1, -0.05) is 43.8 Å². The SMILES string of the molecule is C=Cc1ccc(COCC2(CC)COCOC2)cc1. The molecule has 1 aliphatic heterocycles. The summed E-state index contributed by atoms with van der Waals surface area (Å²) in [5.41, 5.74) is 2.32. The summed E-state index contributed by atoms with van der Waals surface area (Å²) in [6.07, 6.45) is 2.84. The van der Waals surface area contributed by atoms with Gasteiger partial charge in [0.1, 0.15) is 6.79 Å². The van der Waals surface area contributed by atoms with Gasteiger partial charge in [-0.2, -0.15) is 0 Å². The zero-order chi connectivity index (χ0) is 13.6. The van der Waals surface area contributed by atoms with Crippen LogP contribution in [-0.4, -0.2) is 26.6 Å². The Hall–Kier alpha value is -1.16. The van der Waals surface area contributed by atoms with Crippen molar-refractivity contribution in [1.82, 2.24) is 0 Å². The Morgan fingerprint density at radius 3 is 2.53 bits per heavy atom. The second-order valence-electron chi connectivity index (χ2n) is 5.11. The first-order valence-corrected chi connectivity index (χ1v) is 6.73. The molecule has 19 heavy (non-hydrogen) atoms. The lowest BCUT2D eigenvalue weighted by Gasteiger charge is -2.35. The molecule has 1 heterocycles. The average molecular weight is 262 g/mol. The summed E-state index contributed by atoms with van der Waals surface area (Å²) in [4.78, 5) is 0. The molecule has 1 fully saturated rings. The number of hydrogen-bond donors (Lipinski definition) is 0. The molecule has 0 aromatic heterocycles. The van der Waals surface area contributed by atoms with Crippen molar-refractivity contribution in [3.05, 3.63) is 42.0 Å². The standard InChI is InChI=1S/C16H22O3/c1-3-14-5-7-15(8-6-14)9-17-10-16(4-2)11-18-13-19-12-16/h3,5-8H,1,4,9-13H2,2H3. The highest BCUT2D eigenvalue weighted by Gasteiger charge is 2.32. The summed E-state index contributed by atoms with van der Waals surface area (Å²) in [6.45, 7) is 9.05. The van der Waals surface area contributed by atoms with Crippen molar-refractivity contribution in [3.63, 3.8) is 0 Å². The first kappa shape index (κ1) is 14.3. The van der Waals surface area contributed by atoms with E-state index in [-0.39, 0.29) is 5.41 Å². The van der Waals surface area contributed by atoms with Crippen LogP contribution >= 0.6 is 0 Å². The molecule has 1 saturated heterocycles. The fourth-order valence-corrected chi connectivity index (χ4v) is 2.14. The van der Waals surface area contributed by atoms with Crippen LogP contribution in [0.3, 0.4) is 0 Å². The minimum atomic E-state index is 0.0132. The van der Waals surface area contributed by atoms with Crippen molar-refractivity contribution < 1.29 is 14.2 Å². The summed E-state index contributed by atoms with van der Waals surface area (Å²) < 4.78 is 16.6. The molecule has 0 unspecified atom stereocenters. The molecule has 3 nitrogen and oxygen atoms in total. The van der Waals surface area contributed by atoms with Crippen LogP contribution in [0.15, 0.2) is 30.8 Å². The second-order valence-corrected chi connectivity index (χ2v) is 5.11. The molecule has 3 heteroatoms. The van der Waals surface area contributed by atoms with E-state index in [0.717, 1.165) is 25.2 Å². The zero-order valence-electron chi connectivity index (χ0n) is 11.6. The van der Waals surface area contributed by atoms with Crippen LogP contribution in [0.1, 0.15) is 24.5 Å². The van der Waals surface area contributed by atoms with Gasteiger partial charge in [0.15, 0.2) is 0 Å². The van der Waals surface area contributed by atoms with Gasteiger partial charge in [-0.15, -0.1) is 0 Å². The molecule has 2 rings (SSSR count). The monoisotopic (exact) mass is 262 g/mol. The third-order valence-electron chi connectivity index (χ3n) is 3.63. The lowest BCUT2D eigenvalue weighted by Crippen LogP contribution is -2.40. The highest BCUT2D eigenvalue weighted by atomic mass is 16.7. The van der Waals surface area contributed by atoms with Crippen LogP contribution in [0.2, 0.25) is 0 Å². The van der Waals surface area contributed by atoms with Gasteiger partial charge in [-0.25, -0.2) is 0 Å². The van der Waals surface area contributed by atoms with E-state index >= 15 is 0 Å². The van der Waals surface area contributed by atoms with Crippen molar-refractivity contribution in [2.75, 3.05) is 26.6 Å². The van der Waals surface area contributed by atoms with E-state index in [1.54, 1.807) is 0 Å². The molecule has 0 radical (unpaired) electrons. The molecular weight excluding hydrogens is 240 g/mol. The first-order valence-electron chi connectivity index (χ1n) is 6.73. The Kier molecular flexibility index (Phi) is 5.14. The normalized spacial score (nSPS) is 18.2. The van der Waals surface area contributed by atoms with Gasteiger partial charge in [0.05, 0.1) is 26.4 Å². The van der Waals surface area contributed by atoms with Gasteiger partial charge in [-0.05, 0) is 17.5 Å². The minimum Gasteiger partial charge on any atom is -0.376 e. The zero-order valence-corrected chi connectivity index (χ0v) is 11.6. The number of ether oxygens (including phenoxy) is 3. The number of benzene rings is 1. The van der Waals surface area contributed by atoms with Crippen molar-refractivity contribution in [1.29, 1.82) is 0 Å². The molecule has 0 N–H and O–H groups in total. The van der Waals surface area contributed by atoms with Gasteiger partial charge >= 0.3 is 0 Å². The predicted octanol–water partition coefficient (Wildman–Crippen LogP) is 3.25. The van der Waals surface area contributed by atoms with Crippen LogP contribution in [-0.2, 0) is 20.8 Å². The molecule has 1 aliphatic rings. The lowest BCUT2D eigenvalue weighted by molar-refractivity contribution is -0.183. The van der Waals surface area contributed by atoms with E-state index in [2.05, 4.69) is 25.6 Å². The Bertz CT molecular complexity index is 391. The van der Waals surface area contributed by atoms with Gasteiger partial charge < -0.3 is 14.2 Å². The molecule has 0 bridgehead atoms. The Morgan fingerprint density at radius 2 is 1.95 bits per heavy atom. The highest BCUT2D eigenvalue weighted by molar-refractivity contribution is 5.47. The lowest BCUT2D eigenvalue weighted by atomic mass is 9.87. The van der Waals surface area contributed by atoms with Crippen LogP contribution in [0.5, 0.6) is 0 Å². The van der Waals surface area contributed by atoms with Crippen molar-refractivity contribution in [2.45, 2.75) is 20.0 Å². The molecule has 0 spiro atoms. The van der Waals surface area contributed by atoms with Crippen LogP contribution in [0, 0.1) is 5.41 Å². The van der Waals surface area contributed by atoms with E-state index < -0.39 is 0 Å². The molecule has 1 aromatic carbocycles. The highest BCUT2D eigenvalue weighted by Crippen LogP contribution is 2.27. The Balaban J connectivity index is 1.82. The maximum Gasteiger partial charge on any atom is 0.146 e. The van der Waals surface area contributed by atoms with Crippen molar-refractivity contribution in [3.8, 4) is 0 Å². The van der Waals surface area contributed by atoms with E-state index in [4.69, 9.17) is 14.2 Å². The molecule has 0 saturated carbocycles. The third-order valence-corrected chi connectivity index (χ3v) is 3.63. The third kappa shape index (κ3) is 3.90. The maximum absolute atomic E-state index is 5.84. The molecular formula is C16H22O3. The fourth-order valence-electron chi connectivity index (χ4n) is 2.14. The van der Waals surface area contributed by atoms with Crippen LogP contribution in [0.25, 0.3) is 6.08 Å². The molecule has 1 aromatic rings. The predicted molar refractivity (Wildman–Crippen MR) is 75.7 cm³/mol. The number of rotatable bonds is 6. The van der Waals surface area contributed by atoms with Gasteiger partial charge in [0.2, 0.25) is 0 Å². The summed E-state index contributed by atoms with van der Waals surface area (Å²) in [6, 6.07) is 8.25. The Labute approximate surface area is 115 Å². The maximum atomic E-state index is 5.84. The molecule has 0 amide bonds. The summed E-state index contributed by atoms with van der Waals surface area (Å²) in [5, 5.41) is 0. The summed E-state index contributed by atoms with van der Waals surface area (Å²) in [5.74, 6) is 0. The summed E-state index contributed by atoms with van der Waals surface area (Å²) in [7, 11) is 0. The first-order chi connectivity index (χ1) is 9.28. The van der Waals surface area contributed by atoms with Gasteiger partial charge in [-0.3, -0.25) is 0 Å². The van der Waals surface area contributed by atoms with E-state index in [1.165, 1.54) is 5.56 Å². The van der Waals surface area contributed by atoms with Crippen LogP contribution < -0.4 is 0 Å². The minimum absolute atomic E-state index is 0.0132. The smallest absolute Gasteiger partial charge is 0.146 e. The topological polar surface area (TPSA) is 27.7 Å². The molecule has 0 aliphatic carbocycles. The number of hydrogen-bond acceptors (Lipinski definition) is 3.